The minimum absolute atomic E-state index is 0.0234. The van der Waals surface area contributed by atoms with E-state index in [9.17, 15) is 14.0 Å². The Balaban J connectivity index is 1.96. The molecule has 2 aromatic rings. The summed E-state index contributed by atoms with van der Waals surface area (Å²) in [6, 6.07) is 12.0. The number of carbonyl (C=O) groups excluding carboxylic acids is 2. The van der Waals surface area contributed by atoms with Crippen LogP contribution in [-0.4, -0.2) is 24.9 Å². The summed E-state index contributed by atoms with van der Waals surface area (Å²) in [4.78, 5) is 25.8. The van der Waals surface area contributed by atoms with Gasteiger partial charge in [-0.2, -0.15) is 0 Å². The molecule has 132 valence electrons. The summed E-state index contributed by atoms with van der Waals surface area (Å²) in [5, 5.41) is 2.81. The van der Waals surface area contributed by atoms with Crippen LogP contribution >= 0.6 is 0 Å². The molecule has 0 spiro atoms. The van der Waals surface area contributed by atoms with E-state index >= 15 is 0 Å². The summed E-state index contributed by atoms with van der Waals surface area (Å²) >= 11 is 0. The van der Waals surface area contributed by atoms with Gasteiger partial charge in [0, 0.05) is 13.5 Å². The van der Waals surface area contributed by atoms with E-state index in [-0.39, 0.29) is 24.2 Å². The van der Waals surface area contributed by atoms with E-state index in [0.717, 1.165) is 22.4 Å². The van der Waals surface area contributed by atoms with Crippen LogP contribution < -0.4 is 10.2 Å². The van der Waals surface area contributed by atoms with Gasteiger partial charge in [-0.25, -0.2) is 4.39 Å². The zero-order valence-electron chi connectivity index (χ0n) is 14.8. The van der Waals surface area contributed by atoms with E-state index in [4.69, 9.17) is 0 Å². The molecule has 0 aliphatic rings. The van der Waals surface area contributed by atoms with Crippen LogP contribution in [0.25, 0.3) is 0 Å². The van der Waals surface area contributed by atoms with Crippen LogP contribution in [0.1, 0.15) is 23.6 Å². The topological polar surface area (TPSA) is 49.4 Å². The normalized spacial score (nSPS) is 10.4. The molecule has 2 amide bonds. The second-order valence-electron chi connectivity index (χ2n) is 6.07. The van der Waals surface area contributed by atoms with Gasteiger partial charge in [-0.05, 0) is 49.1 Å². The lowest BCUT2D eigenvalue weighted by Gasteiger charge is -2.24. The molecule has 25 heavy (non-hydrogen) atoms. The minimum Gasteiger partial charge on any atom is -0.354 e. The lowest BCUT2D eigenvalue weighted by atomic mass is 10.1. The van der Waals surface area contributed by atoms with Crippen LogP contribution in [0.2, 0.25) is 0 Å². The predicted octanol–water partition coefficient (Wildman–Crippen LogP) is 3.15. The van der Waals surface area contributed by atoms with Crippen molar-refractivity contribution in [3.8, 4) is 0 Å². The summed E-state index contributed by atoms with van der Waals surface area (Å²) in [7, 11) is 0. The van der Waals surface area contributed by atoms with Crippen molar-refractivity contribution in [2.45, 2.75) is 27.2 Å². The molecule has 0 aromatic heterocycles. The van der Waals surface area contributed by atoms with E-state index in [0.29, 0.717) is 13.0 Å². The maximum atomic E-state index is 12.9. The molecule has 0 bridgehead atoms. The fourth-order valence-electron chi connectivity index (χ4n) is 2.78. The van der Waals surface area contributed by atoms with Crippen LogP contribution in [-0.2, 0) is 16.0 Å². The van der Waals surface area contributed by atoms with Crippen LogP contribution in [0.3, 0.4) is 0 Å². The number of nitrogens with one attached hydrogen (secondary N) is 1. The summed E-state index contributed by atoms with van der Waals surface area (Å²) in [5.41, 5.74) is 3.63. The maximum absolute atomic E-state index is 12.9. The number of nitrogens with zero attached hydrogens (tertiary/aromatic N) is 1. The number of halogens is 1. The number of anilines is 1. The maximum Gasteiger partial charge on any atom is 0.240 e. The number of aryl methyl sites for hydroxylation is 2. The summed E-state index contributed by atoms with van der Waals surface area (Å²) in [6.07, 6.45) is 0.607. The molecule has 0 fully saturated rings. The molecular formula is C20H23FN2O2. The third kappa shape index (κ3) is 5.14. The van der Waals surface area contributed by atoms with E-state index in [1.165, 1.54) is 24.0 Å². The highest BCUT2D eigenvalue weighted by atomic mass is 19.1. The van der Waals surface area contributed by atoms with Crippen LogP contribution in [0.5, 0.6) is 0 Å². The average Bonchev–Trinajstić information content (AvgIpc) is 2.55. The molecule has 5 heteroatoms. The quantitative estimate of drug-likeness (QED) is 0.877. The van der Waals surface area contributed by atoms with Crippen molar-refractivity contribution in [3.63, 3.8) is 0 Å². The fraction of sp³-hybridized carbons (Fsp3) is 0.300. The molecule has 4 nitrogen and oxygen atoms in total. The van der Waals surface area contributed by atoms with Gasteiger partial charge in [0.1, 0.15) is 12.4 Å². The number of carbonyl (C=O) groups is 2. The van der Waals surface area contributed by atoms with Gasteiger partial charge in [0.25, 0.3) is 0 Å². The predicted molar refractivity (Wildman–Crippen MR) is 97.1 cm³/mol. The minimum atomic E-state index is -0.279. The van der Waals surface area contributed by atoms with Gasteiger partial charge in [-0.3, -0.25) is 9.59 Å². The molecule has 0 radical (unpaired) electrons. The molecule has 0 aliphatic heterocycles. The Hall–Kier alpha value is -2.69. The first kappa shape index (κ1) is 18.6. The third-order valence-corrected chi connectivity index (χ3v) is 4.04. The number of para-hydroxylation sites is 1. The third-order valence-electron chi connectivity index (χ3n) is 4.04. The van der Waals surface area contributed by atoms with Gasteiger partial charge < -0.3 is 10.2 Å². The van der Waals surface area contributed by atoms with E-state index < -0.39 is 0 Å². The largest absolute Gasteiger partial charge is 0.354 e. The highest BCUT2D eigenvalue weighted by molar-refractivity contribution is 5.98. The number of amides is 2. The Kier molecular flexibility index (Phi) is 6.28. The number of hydrogen-bond donors (Lipinski definition) is 1. The lowest BCUT2D eigenvalue weighted by molar-refractivity contribution is -0.123. The molecule has 2 rings (SSSR count). The van der Waals surface area contributed by atoms with Gasteiger partial charge in [-0.15, -0.1) is 0 Å². The summed E-state index contributed by atoms with van der Waals surface area (Å²) in [5.74, 6) is -0.676. The molecule has 0 saturated heterocycles. The van der Waals surface area contributed by atoms with Gasteiger partial charge >= 0.3 is 0 Å². The summed E-state index contributed by atoms with van der Waals surface area (Å²) in [6.45, 7) is 5.71. The second kappa shape index (κ2) is 8.42. The SMILES string of the molecule is CC(=O)N(CC(=O)NCCc1ccc(F)cc1)c1c(C)cccc1C. The Labute approximate surface area is 147 Å². The van der Waals surface area contributed by atoms with Gasteiger partial charge in [0.2, 0.25) is 11.8 Å². The zero-order chi connectivity index (χ0) is 18.4. The van der Waals surface area contributed by atoms with Crippen LogP contribution in [0.15, 0.2) is 42.5 Å². The van der Waals surface area contributed by atoms with E-state index in [2.05, 4.69) is 5.32 Å². The fourth-order valence-corrected chi connectivity index (χ4v) is 2.78. The molecule has 0 heterocycles. The zero-order valence-corrected chi connectivity index (χ0v) is 14.8. The van der Waals surface area contributed by atoms with Crippen molar-refractivity contribution in [2.75, 3.05) is 18.0 Å². The van der Waals surface area contributed by atoms with Crippen molar-refractivity contribution in [2.24, 2.45) is 0 Å². The number of rotatable bonds is 6. The van der Waals surface area contributed by atoms with Crippen molar-refractivity contribution in [3.05, 3.63) is 65.0 Å². The van der Waals surface area contributed by atoms with Crippen LogP contribution in [0.4, 0.5) is 10.1 Å². The Morgan fingerprint density at radius 1 is 1.04 bits per heavy atom. The van der Waals surface area contributed by atoms with Gasteiger partial charge in [0.15, 0.2) is 0 Å². The first-order chi connectivity index (χ1) is 11.9. The molecule has 0 atom stereocenters. The van der Waals surface area contributed by atoms with Crippen molar-refractivity contribution in [1.82, 2.24) is 5.32 Å². The molecule has 0 saturated carbocycles. The Morgan fingerprint density at radius 3 is 2.20 bits per heavy atom. The standard InChI is InChI=1S/C20H23FN2O2/c1-14-5-4-6-15(2)20(14)23(16(3)24)13-19(25)22-12-11-17-7-9-18(21)10-8-17/h4-10H,11-13H2,1-3H3,(H,22,25). The van der Waals surface area contributed by atoms with Crippen molar-refractivity contribution >= 4 is 17.5 Å². The smallest absolute Gasteiger partial charge is 0.240 e. The molecule has 0 aliphatic carbocycles. The van der Waals surface area contributed by atoms with Crippen molar-refractivity contribution < 1.29 is 14.0 Å². The number of benzene rings is 2. The van der Waals surface area contributed by atoms with Crippen LogP contribution in [0, 0.1) is 19.7 Å². The van der Waals surface area contributed by atoms with E-state index in [1.807, 2.05) is 32.0 Å². The first-order valence-electron chi connectivity index (χ1n) is 8.24. The van der Waals surface area contributed by atoms with Gasteiger partial charge in [-0.1, -0.05) is 30.3 Å². The molecule has 0 unspecified atom stereocenters. The first-order valence-corrected chi connectivity index (χ1v) is 8.24. The summed E-state index contributed by atoms with van der Waals surface area (Å²) < 4.78 is 12.9. The Bertz CT molecular complexity index is 737. The lowest BCUT2D eigenvalue weighted by Crippen LogP contribution is -2.41. The van der Waals surface area contributed by atoms with Crippen molar-refractivity contribution in [1.29, 1.82) is 0 Å². The van der Waals surface area contributed by atoms with Gasteiger partial charge in [0.05, 0.1) is 5.69 Å². The monoisotopic (exact) mass is 342 g/mol. The Morgan fingerprint density at radius 2 is 1.64 bits per heavy atom. The highest BCUT2D eigenvalue weighted by Crippen LogP contribution is 2.24. The molecule has 1 N–H and O–H groups in total. The molecule has 2 aromatic carbocycles. The molecular weight excluding hydrogens is 319 g/mol. The highest BCUT2D eigenvalue weighted by Gasteiger charge is 2.19. The second-order valence-corrected chi connectivity index (χ2v) is 6.07. The average molecular weight is 342 g/mol. The van der Waals surface area contributed by atoms with E-state index in [1.54, 1.807) is 12.1 Å². The number of hydrogen-bond acceptors (Lipinski definition) is 2.